The molecular formula is C18H32N2O. The standard InChI is InChI=1S/C18H32N2O/c1-14(2)20-18(13-19)11-6-8-16(18)10-12-21-17-9-5-4-7-15(17)3/h14-17,20H,4-12H2,1-3H3. The van der Waals surface area contributed by atoms with Crippen LogP contribution in [-0.4, -0.2) is 24.3 Å². The Hall–Kier alpha value is -0.590. The first kappa shape index (κ1) is 16.8. The maximum Gasteiger partial charge on any atom is 0.109 e. The van der Waals surface area contributed by atoms with Crippen molar-refractivity contribution in [2.45, 2.75) is 89.8 Å². The van der Waals surface area contributed by atoms with Gasteiger partial charge in [0.2, 0.25) is 0 Å². The van der Waals surface area contributed by atoms with E-state index in [1.54, 1.807) is 0 Å². The average Bonchev–Trinajstić information content (AvgIpc) is 2.84. The van der Waals surface area contributed by atoms with Crippen LogP contribution < -0.4 is 5.32 Å². The van der Waals surface area contributed by atoms with Gasteiger partial charge in [-0.05, 0) is 57.8 Å². The second-order valence-electron chi connectivity index (χ2n) is 7.43. The molecule has 1 N–H and O–H groups in total. The number of ether oxygens (including phenoxy) is 1. The third-order valence-electron chi connectivity index (χ3n) is 5.40. The SMILES string of the molecule is CC(C)NC1(C#N)CCCC1CCOC1CCCCC1C. The molecule has 2 fully saturated rings. The third kappa shape index (κ3) is 4.20. The monoisotopic (exact) mass is 292 g/mol. The van der Waals surface area contributed by atoms with Gasteiger partial charge in [0.25, 0.3) is 0 Å². The summed E-state index contributed by atoms with van der Waals surface area (Å²) in [5.74, 6) is 1.15. The number of nitriles is 1. The van der Waals surface area contributed by atoms with Gasteiger partial charge in [0.05, 0.1) is 12.2 Å². The van der Waals surface area contributed by atoms with Crippen LogP contribution in [0.5, 0.6) is 0 Å². The predicted molar refractivity (Wildman–Crippen MR) is 85.9 cm³/mol. The highest BCUT2D eigenvalue weighted by atomic mass is 16.5. The Labute approximate surface area is 130 Å². The second-order valence-corrected chi connectivity index (χ2v) is 7.43. The summed E-state index contributed by atoms with van der Waals surface area (Å²) in [6.45, 7) is 7.41. The number of hydrogen-bond acceptors (Lipinski definition) is 3. The van der Waals surface area contributed by atoms with Crippen molar-refractivity contribution in [3.8, 4) is 6.07 Å². The lowest BCUT2D eigenvalue weighted by Gasteiger charge is -2.33. The number of hydrogen-bond donors (Lipinski definition) is 1. The Kier molecular flexibility index (Phi) is 6.08. The van der Waals surface area contributed by atoms with Crippen LogP contribution in [0.1, 0.15) is 72.1 Å². The van der Waals surface area contributed by atoms with Gasteiger partial charge in [0.1, 0.15) is 5.54 Å². The fourth-order valence-electron chi connectivity index (χ4n) is 4.24. The van der Waals surface area contributed by atoms with Crippen LogP contribution in [0.4, 0.5) is 0 Å². The molecular weight excluding hydrogens is 260 g/mol. The van der Waals surface area contributed by atoms with Crippen molar-refractivity contribution in [3.63, 3.8) is 0 Å². The first-order valence-corrected chi connectivity index (χ1v) is 8.88. The van der Waals surface area contributed by atoms with Crippen molar-refractivity contribution in [3.05, 3.63) is 0 Å². The number of nitrogens with zero attached hydrogens (tertiary/aromatic N) is 1. The van der Waals surface area contributed by atoms with Gasteiger partial charge in [0, 0.05) is 12.6 Å². The Morgan fingerprint density at radius 3 is 2.67 bits per heavy atom. The summed E-state index contributed by atoms with van der Waals surface area (Å²) in [5.41, 5.74) is -0.310. The van der Waals surface area contributed by atoms with Gasteiger partial charge in [0.15, 0.2) is 0 Å². The maximum absolute atomic E-state index is 9.67. The van der Waals surface area contributed by atoms with Crippen LogP contribution in [0.25, 0.3) is 0 Å². The molecule has 3 nitrogen and oxygen atoms in total. The molecule has 0 aromatic rings. The van der Waals surface area contributed by atoms with Crippen molar-refractivity contribution in [1.29, 1.82) is 5.26 Å². The zero-order valence-electron chi connectivity index (χ0n) is 14.0. The molecule has 0 heterocycles. The molecule has 21 heavy (non-hydrogen) atoms. The molecule has 2 aliphatic carbocycles. The molecule has 0 aliphatic heterocycles. The predicted octanol–water partition coefficient (Wildman–Crippen LogP) is 4.03. The van der Waals surface area contributed by atoms with E-state index in [-0.39, 0.29) is 5.54 Å². The van der Waals surface area contributed by atoms with E-state index in [4.69, 9.17) is 4.74 Å². The van der Waals surface area contributed by atoms with Gasteiger partial charge in [-0.1, -0.05) is 26.2 Å². The quantitative estimate of drug-likeness (QED) is 0.804. The van der Waals surface area contributed by atoms with Crippen LogP contribution in [0.15, 0.2) is 0 Å². The molecule has 0 spiro atoms. The minimum absolute atomic E-state index is 0.310. The van der Waals surface area contributed by atoms with Gasteiger partial charge in [-0.25, -0.2) is 0 Å². The third-order valence-corrected chi connectivity index (χ3v) is 5.40. The zero-order valence-corrected chi connectivity index (χ0v) is 14.0. The molecule has 0 saturated heterocycles. The fourth-order valence-corrected chi connectivity index (χ4v) is 4.24. The summed E-state index contributed by atoms with van der Waals surface area (Å²) in [6, 6.07) is 2.95. The van der Waals surface area contributed by atoms with Crippen LogP contribution >= 0.6 is 0 Å². The lowest BCUT2D eigenvalue weighted by molar-refractivity contribution is -0.0127. The molecule has 0 amide bonds. The largest absolute Gasteiger partial charge is 0.378 e. The topological polar surface area (TPSA) is 45.0 Å². The minimum atomic E-state index is -0.310. The summed E-state index contributed by atoms with van der Waals surface area (Å²) < 4.78 is 6.16. The molecule has 3 heteroatoms. The summed E-state index contributed by atoms with van der Waals surface area (Å²) in [7, 11) is 0. The fraction of sp³-hybridized carbons (Fsp3) is 0.944. The van der Waals surface area contributed by atoms with Gasteiger partial charge in [-0.3, -0.25) is 5.32 Å². The van der Waals surface area contributed by atoms with E-state index in [9.17, 15) is 5.26 Å². The zero-order chi connectivity index (χ0) is 15.3. The minimum Gasteiger partial charge on any atom is -0.378 e. The van der Waals surface area contributed by atoms with Gasteiger partial charge < -0.3 is 4.74 Å². The normalized spacial score (nSPS) is 36.8. The van der Waals surface area contributed by atoms with Crippen molar-refractivity contribution < 1.29 is 4.74 Å². The van der Waals surface area contributed by atoms with E-state index in [0.717, 1.165) is 32.3 Å². The van der Waals surface area contributed by atoms with Crippen molar-refractivity contribution in [2.75, 3.05) is 6.61 Å². The van der Waals surface area contributed by atoms with Crippen molar-refractivity contribution in [2.24, 2.45) is 11.8 Å². The Morgan fingerprint density at radius 2 is 2.00 bits per heavy atom. The molecule has 0 bridgehead atoms. The molecule has 2 aliphatic rings. The lowest BCUT2D eigenvalue weighted by atomic mass is 9.85. The summed E-state index contributed by atoms with van der Waals surface area (Å²) in [5, 5.41) is 13.2. The lowest BCUT2D eigenvalue weighted by Crippen LogP contribution is -2.50. The van der Waals surface area contributed by atoms with Crippen molar-refractivity contribution in [1.82, 2.24) is 5.32 Å². The molecule has 2 saturated carbocycles. The molecule has 0 radical (unpaired) electrons. The molecule has 0 aromatic heterocycles. The molecule has 4 atom stereocenters. The molecule has 4 unspecified atom stereocenters. The smallest absolute Gasteiger partial charge is 0.109 e. The first-order chi connectivity index (χ1) is 10.1. The second kappa shape index (κ2) is 7.61. The van der Waals surface area contributed by atoms with Crippen molar-refractivity contribution >= 4 is 0 Å². The number of rotatable bonds is 6. The molecule has 0 aromatic carbocycles. The highest BCUT2D eigenvalue weighted by molar-refractivity contribution is 5.14. The van der Waals surface area contributed by atoms with Crippen LogP contribution in [0.3, 0.4) is 0 Å². The highest BCUT2D eigenvalue weighted by Gasteiger charge is 2.43. The Morgan fingerprint density at radius 1 is 1.24 bits per heavy atom. The van der Waals surface area contributed by atoms with Crippen LogP contribution in [0, 0.1) is 23.2 Å². The summed E-state index contributed by atoms with van der Waals surface area (Å²) >= 11 is 0. The van der Waals surface area contributed by atoms with E-state index in [1.165, 1.54) is 25.7 Å². The van der Waals surface area contributed by atoms with E-state index in [2.05, 4.69) is 32.2 Å². The number of nitrogens with one attached hydrogen (secondary N) is 1. The van der Waals surface area contributed by atoms with E-state index >= 15 is 0 Å². The highest BCUT2D eigenvalue weighted by Crippen LogP contribution is 2.38. The van der Waals surface area contributed by atoms with E-state index < -0.39 is 0 Å². The molecule has 120 valence electrons. The Balaban J connectivity index is 1.82. The van der Waals surface area contributed by atoms with Crippen LogP contribution in [0.2, 0.25) is 0 Å². The van der Waals surface area contributed by atoms with Gasteiger partial charge >= 0.3 is 0 Å². The van der Waals surface area contributed by atoms with Gasteiger partial charge in [-0.15, -0.1) is 0 Å². The van der Waals surface area contributed by atoms with E-state index in [1.807, 2.05) is 0 Å². The van der Waals surface area contributed by atoms with Crippen LogP contribution in [-0.2, 0) is 4.74 Å². The maximum atomic E-state index is 9.67. The summed E-state index contributed by atoms with van der Waals surface area (Å²) in [4.78, 5) is 0. The summed E-state index contributed by atoms with van der Waals surface area (Å²) in [6.07, 6.45) is 10.0. The van der Waals surface area contributed by atoms with E-state index in [0.29, 0.717) is 24.0 Å². The average molecular weight is 292 g/mol. The Bertz CT molecular complexity index is 363. The molecule has 2 rings (SSSR count). The first-order valence-electron chi connectivity index (χ1n) is 8.88. The van der Waals surface area contributed by atoms with Gasteiger partial charge in [-0.2, -0.15) is 5.26 Å².